The molecule has 0 radical (unpaired) electrons. The topological polar surface area (TPSA) is 66.9 Å². The van der Waals surface area contributed by atoms with Gasteiger partial charge in [0.25, 0.3) is 5.91 Å². The number of aromatic nitrogens is 2. The van der Waals surface area contributed by atoms with E-state index in [9.17, 15) is 18.0 Å². The lowest BCUT2D eigenvalue weighted by Crippen LogP contribution is -2.26. The molecule has 8 heteroatoms. The summed E-state index contributed by atoms with van der Waals surface area (Å²) in [5, 5.41) is 12.4. The van der Waals surface area contributed by atoms with Crippen molar-refractivity contribution in [3.8, 4) is 0 Å². The summed E-state index contributed by atoms with van der Waals surface area (Å²) in [6.07, 6.45) is -5.20. The molecule has 19 heavy (non-hydrogen) atoms. The number of nitrogens with one attached hydrogen (secondary N) is 2. The maximum absolute atomic E-state index is 12.1. The maximum Gasteiger partial charge on any atom is 0.391 e. The molecule has 106 valence electrons. The Balaban J connectivity index is 2.59. The summed E-state index contributed by atoms with van der Waals surface area (Å²) in [6, 6.07) is 2.01. The normalized spacial score (nSPS) is 12.9. The van der Waals surface area contributed by atoms with Crippen molar-refractivity contribution in [1.82, 2.24) is 15.5 Å². The van der Waals surface area contributed by atoms with Crippen LogP contribution >= 0.6 is 0 Å². The number of halogens is 3. The van der Waals surface area contributed by atoms with Crippen LogP contribution in [0.25, 0.3) is 0 Å². The molecule has 1 unspecified atom stereocenters. The molecule has 0 aromatic carbocycles. The molecule has 5 nitrogen and oxygen atoms in total. The number of carbonyl (C=O) groups excluding carboxylic acids is 1. The second kappa shape index (κ2) is 6.35. The van der Waals surface area contributed by atoms with E-state index in [4.69, 9.17) is 0 Å². The quantitative estimate of drug-likeness (QED) is 0.863. The predicted molar refractivity (Wildman–Crippen MR) is 63.8 cm³/mol. The molecule has 0 aliphatic rings. The number of rotatable bonds is 5. The van der Waals surface area contributed by atoms with Crippen molar-refractivity contribution < 1.29 is 18.0 Å². The van der Waals surface area contributed by atoms with Gasteiger partial charge in [-0.05, 0) is 26.0 Å². The van der Waals surface area contributed by atoms with Crippen LogP contribution in [-0.4, -0.2) is 34.9 Å². The SMILES string of the molecule is CCNC(=O)c1ccc(NC(C)CC(F)(F)F)nn1. The second-order valence-corrected chi connectivity index (χ2v) is 4.03. The Morgan fingerprint density at radius 3 is 2.53 bits per heavy atom. The zero-order valence-corrected chi connectivity index (χ0v) is 10.6. The van der Waals surface area contributed by atoms with Crippen LogP contribution in [0.15, 0.2) is 12.1 Å². The minimum atomic E-state index is -4.24. The third kappa shape index (κ3) is 5.54. The lowest BCUT2D eigenvalue weighted by Gasteiger charge is -2.15. The summed E-state index contributed by atoms with van der Waals surface area (Å²) in [4.78, 5) is 11.4. The summed E-state index contributed by atoms with van der Waals surface area (Å²) in [6.45, 7) is 3.62. The van der Waals surface area contributed by atoms with E-state index in [1.807, 2.05) is 0 Å². The lowest BCUT2D eigenvalue weighted by molar-refractivity contribution is -0.136. The van der Waals surface area contributed by atoms with Crippen molar-refractivity contribution in [2.45, 2.75) is 32.5 Å². The van der Waals surface area contributed by atoms with Crippen LogP contribution in [0.2, 0.25) is 0 Å². The molecule has 2 N–H and O–H groups in total. The summed E-state index contributed by atoms with van der Waals surface area (Å²) < 4.78 is 36.4. The van der Waals surface area contributed by atoms with E-state index >= 15 is 0 Å². The standard InChI is InChI=1S/C11H15F3N4O/c1-3-15-10(19)8-4-5-9(18-17-8)16-7(2)6-11(12,13)14/h4-5,7H,3,6H2,1-2H3,(H,15,19)(H,16,18). The Morgan fingerprint density at radius 2 is 2.05 bits per heavy atom. The molecule has 1 aromatic rings. The largest absolute Gasteiger partial charge is 0.391 e. The van der Waals surface area contributed by atoms with E-state index < -0.39 is 18.6 Å². The number of hydrogen-bond acceptors (Lipinski definition) is 4. The highest BCUT2D eigenvalue weighted by Gasteiger charge is 2.30. The number of carbonyl (C=O) groups is 1. The average molecular weight is 276 g/mol. The Morgan fingerprint density at radius 1 is 1.37 bits per heavy atom. The Labute approximate surface area is 108 Å². The first-order chi connectivity index (χ1) is 8.81. The van der Waals surface area contributed by atoms with Gasteiger partial charge in [-0.3, -0.25) is 4.79 Å². The van der Waals surface area contributed by atoms with Crippen LogP contribution in [0.3, 0.4) is 0 Å². The summed E-state index contributed by atoms with van der Waals surface area (Å²) in [5.74, 6) is -0.172. The predicted octanol–water partition coefficient (Wildman–Crippen LogP) is 1.98. The van der Waals surface area contributed by atoms with Gasteiger partial charge in [0, 0.05) is 12.6 Å². The molecule has 0 bridgehead atoms. The molecule has 1 amide bonds. The van der Waals surface area contributed by atoms with E-state index in [1.165, 1.54) is 19.1 Å². The number of nitrogens with zero attached hydrogens (tertiary/aromatic N) is 2. The maximum atomic E-state index is 12.1. The summed E-state index contributed by atoms with van der Waals surface area (Å²) in [5.41, 5.74) is 0.121. The molecular formula is C11H15F3N4O. The minimum absolute atomic E-state index is 0.121. The zero-order valence-electron chi connectivity index (χ0n) is 10.6. The molecule has 0 saturated heterocycles. The highest BCUT2D eigenvalue weighted by Crippen LogP contribution is 2.22. The van der Waals surface area contributed by atoms with Crippen molar-refractivity contribution in [1.29, 1.82) is 0 Å². The number of hydrogen-bond donors (Lipinski definition) is 2. The van der Waals surface area contributed by atoms with Crippen LogP contribution in [0.4, 0.5) is 19.0 Å². The monoisotopic (exact) mass is 276 g/mol. The molecule has 0 spiro atoms. The first kappa shape index (κ1) is 15.2. The van der Waals surface area contributed by atoms with Crippen molar-refractivity contribution in [3.05, 3.63) is 17.8 Å². The third-order valence-corrected chi connectivity index (χ3v) is 2.17. The van der Waals surface area contributed by atoms with Crippen LogP contribution < -0.4 is 10.6 Å². The van der Waals surface area contributed by atoms with Crippen LogP contribution in [0.5, 0.6) is 0 Å². The first-order valence-electron chi connectivity index (χ1n) is 5.77. The van der Waals surface area contributed by atoms with Gasteiger partial charge in [-0.25, -0.2) is 0 Å². The first-order valence-corrected chi connectivity index (χ1v) is 5.77. The molecule has 0 aliphatic heterocycles. The Kier molecular flexibility index (Phi) is 5.08. The summed E-state index contributed by atoms with van der Waals surface area (Å²) >= 11 is 0. The van der Waals surface area contributed by atoms with Crippen LogP contribution in [0.1, 0.15) is 30.8 Å². The van der Waals surface area contributed by atoms with Crippen molar-refractivity contribution >= 4 is 11.7 Å². The van der Waals surface area contributed by atoms with Gasteiger partial charge in [0.1, 0.15) is 5.82 Å². The van der Waals surface area contributed by atoms with Gasteiger partial charge < -0.3 is 10.6 Å². The second-order valence-electron chi connectivity index (χ2n) is 4.03. The van der Waals surface area contributed by atoms with Gasteiger partial charge in [0.2, 0.25) is 0 Å². The molecule has 1 rings (SSSR count). The molecule has 1 atom stereocenters. The number of anilines is 1. The highest BCUT2D eigenvalue weighted by atomic mass is 19.4. The molecule has 0 aliphatic carbocycles. The Bertz CT molecular complexity index is 419. The van der Waals surface area contributed by atoms with Gasteiger partial charge in [-0.2, -0.15) is 13.2 Å². The number of alkyl halides is 3. The van der Waals surface area contributed by atoms with Crippen molar-refractivity contribution in [2.75, 3.05) is 11.9 Å². The molecule has 1 heterocycles. The van der Waals surface area contributed by atoms with Gasteiger partial charge in [-0.1, -0.05) is 0 Å². The molecule has 0 saturated carbocycles. The fourth-order valence-corrected chi connectivity index (χ4v) is 1.43. The zero-order chi connectivity index (χ0) is 14.5. The van der Waals surface area contributed by atoms with E-state index in [1.54, 1.807) is 6.92 Å². The average Bonchev–Trinajstić information content (AvgIpc) is 2.27. The van der Waals surface area contributed by atoms with Crippen molar-refractivity contribution in [2.24, 2.45) is 0 Å². The molecular weight excluding hydrogens is 261 g/mol. The fourth-order valence-electron chi connectivity index (χ4n) is 1.43. The van der Waals surface area contributed by atoms with Gasteiger partial charge >= 0.3 is 6.18 Å². The van der Waals surface area contributed by atoms with Crippen LogP contribution in [0, 0.1) is 0 Å². The lowest BCUT2D eigenvalue weighted by atomic mass is 10.2. The molecule has 0 fully saturated rings. The highest BCUT2D eigenvalue weighted by molar-refractivity contribution is 5.92. The van der Waals surface area contributed by atoms with E-state index in [-0.39, 0.29) is 17.4 Å². The minimum Gasteiger partial charge on any atom is -0.366 e. The number of amides is 1. The summed E-state index contributed by atoms with van der Waals surface area (Å²) in [7, 11) is 0. The van der Waals surface area contributed by atoms with Crippen LogP contribution in [-0.2, 0) is 0 Å². The smallest absolute Gasteiger partial charge is 0.366 e. The third-order valence-electron chi connectivity index (χ3n) is 2.17. The van der Waals surface area contributed by atoms with E-state index in [2.05, 4.69) is 20.8 Å². The van der Waals surface area contributed by atoms with E-state index in [0.29, 0.717) is 6.54 Å². The van der Waals surface area contributed by atoms with Gasteiger partial charge in [-0.15, -0.1) is 10.2 Å². The van der Waals surface area contributed by atoms with Gasteiger partial charge in [0.05, 0.1) is 6.42 Å². The fraction of sp³-hybridized carbons (Fsp3) is 0.545. The van der Waals surface area contributed by atoms with Crippen molar-refractivity contribution in [3.63, 3.8) is 0 Å². The van der Waals surface area contributed by atoms with E-state index in [0.717, 1.165) is 0 Å². The Hall–Kier alpha value is -1.86. The van der Waals surface area contributed by atoms with Gasteiger partial charge in [0.15, 0.2) is 5.69 Å². The molecule has 1 aromatic heterocycles.